The molecule has 7 heteroatoms. The van der Waals surface area contributed by atoms with Gasteiger partial charge in [0.05, 0.1) is 12.1 Å². The van der Waals surface area contributed by atoms with Gasteiger partial charge in [-0.1, -0.05) is 6.07 Å². The van der Waals surface area contributed by atoms with Crippen molar-refractivity contribution in [1.29, 1.82) is 0 Å². The molecular formula is C19H33IN4OS. The van der Waals surface area contributed by atoms with Crippen molar-refractivity contribution in [3.8, 4) is 0 Å². The second-order valence-corrected chi connectivity index (χ2v) is 7.82. The summed E-state index contributed by atoms with van der Waals surface area (Å²) in [5.74, 6) is 1.04. The number of thiophene rings is 1. The molecule has 1 atom stereocenters. The molecule has 3 heterocycles. The van der Waals surface area contributed by atoms with E-state index in [4.69, 9.17) is 4.74 Å². The summed E-state index contributed by atoms with van der Waals surface area (Å²) in [6, 6.07) is 4.89. The minimum atomic E-state index is 0. The van der Waals surface area contributed by atoms with E-state index in [0.717, 1.165) is 45.0 Å². The lowest BCUT2D eigenvalue weighted by Crippen LogP contribution is -2.48. The van der Waals surface area contributed by atoms with E-state index in [1.807, 2.05) is 18.4 Å². The van der Waals surface area contributed by atoms with Crippen molar-refractivity contribution in [3.63, 3.8) is 0 Å². The SMILES string of the molecule is CCOC1CCN(C(=NC)NCC(c2cccs2)N2CCCC2)CC1.I. The number of nitrogens with one attached hydrogen (secondary N) is 1. The summed E-state index contributed by atoms with van der Waals surface area (Å²) < 4.78 is 5.77. The highest BCUT2D eigenvalue weighted by Crippen LogP contribution is 2.28. The Labute approximate surface area is 179 Å². The number of piperidine rings is 1. The van der Waals surface area contributed by atoms with Gasteiger partial charge in [-0.25, -0.2) is 0 Å². The van der Waals surface area contributed by atoms with Gasteiger partial charge in [-0.15, -0.1) is 35.3 Å². The molecule has 5 nitrogen and oxygen atoms in total. The first kappa shape index (κ1) is 21.9. The molecule has 2 aliphatic rings. The highest BCUT2D eigenvalue weighted by Gasteiger charge is 2.26. The predicted molar refractivity (Wildman–Crippen MR) is 121 cm³/mol. The van der Waals surface area contributed by atoms with E-state index in [-0.39, 0.29) is 24.0 Å². The van der Waals surface area contributed by atoms with E-state index in [0.29, 0.717) is 12.1 Å². The molecule has 1 aromatic heterocycles. The molecule has 0 bridgehead atoms. The molecule has 1 unspecified atom stereocenters. The van der Waals surface area contributed by atoms with Gasteiger partial charge in [-0.05, 0) is 57.1 Å². The average molecular weight is 492 g/mol. The third-order valence-corrected chi connectivity index (χ3v) is 6.24. The molecule has 0 radical (unpaired) electrons. The maximum absolute atomic E-state index is 5.77. The summed E-state index contributed by atoms with van der Waals surface area (Å²) in [5, 5.41) is 5.84. The molecule has 3 rings (SSSR count). The van der Waals surface area contributed by atoms with Crippen molar-refractivity contribution in [2.45, 2.75) is 44.8 Å². The molecule has 1 aromatic rings. The van der Waals surface area contributed by atoms with Crippen LogP contribution in [0.15, 0.2) is 22.5 Å². The third kappa shape index (κ3) is 5.81. The Bertz CT molecular complexity index is 526. The fraction of sp³-hybridized carbons (Fsp3) is 0.737. The number of aliphatic imine (C=N–C) groups is 1. The predicted octanol–water partition coefficient (Wildman–Crippen LogP) is 3.58. The van der Waals surface area contributed by atoms with Gasteiger partial charge in [0.25, 0.3) is 0 Å². The van der Waals surface area contributed by atoms with Crippen LogP contribution in [0.5, 0.6) is 0 Å². The van der Waals surface area contributed by atoms with E-state index in [1.54, 1.807) is 0 Å². The molecule has 2 saturated heterocycles. The Hall–Kier alpha value is -0.380. The van der Waals surface area contributed by atoms with Crippen LogP contribution < -0.4 is 5.32 Å². The van der Waals surface area contributed by atoms with Crippen LogP contribution in [0.2, 0.25) is 0 Å². The van der Waals surface area contributed by atoms with Crippen LogP contribution in [0.3, 0.4) is 0 Å². The largest absolute Gasteiger partial charge is 0.378 e. The highest BCUT2D eigenvalue weighted by molar-refractivity contribution is 14.0. The lowest BCUT2D eigenvalue weighted by molar-refractivity contribution is 0.0263. The molecule has 0 aliphatic carbocycles. The molecule has 2 aliphatic heterocycles. The molecular weight excluding hydrogens is 459 g/mol. The topological polar surface area (TPSA) is 40.1 Å². The number of ether oxygens (including phenoxy) is 1. The Balaban J connectivity index is 0.00000243. The normalized spacial score (nSPS) is 20.8. The van der Waals surface area contributed by atoms with Gasteiger partial charge < -0.3 is 15.0 Å². The second-order valence-electron chi connectivity index (χ2n) is 6.84. The Kier molecular flexibility index (Phi) is 9.66. The smallest absolute Gasteiger partial charge is 0.193 e. The van der Waals surface area contributed by atoms with Crippen LogP contribution in [0.25, 0.3) is 0 Å². The molecule has 26 heavy (non-hydrogen) atoms. The zero-order valence-corrected chi connectivity index (χ0v) is 19.2. The third-order valence-electron chi connectivity index (χ3n) is 5.26. The van der Waals surface area contributed by atoms with Crippen LogP contribution in [-0.2, 0) is 4.74 Å². The average Bonchev–Trinajstić information content (AvgIpc) is 3.34. The van der Waals surface area contributed by atoms with Crippen LogP contribution >= 0.6 is 35.3 Å². The quantitative estimate of drug-likeness (QED) is 0.375. The van der Waals surface area contributed by atoms with Crippen molar-refractivity contribution >= 4 is 41.3 Å². The van der Waals surface area contributed by atoms with Gasteiger partial charge >= 0.3 is 0 Å². The number of hydrogen-bond acceptors (Lipinski definition) is 4. The molecule has 0 amide bonds. The van der Waals surface area contributed by atoms with Crippen LogP contribution in [-0.4, -0.2) is 68.2 Å². The Morgan fingerprint density at radius 2 is 2.04 bits per heavy atom. The maximum atomic E-state index is 5.77. The van der Waals surface area contributed by atoms with E-state index >= 15 is 0 Å². The summed E-state index contributed by atoms with van der Waals surface area (Å²) in [5.41, 5.74) is 0. The molecule has 2 fully saturated rings. The van der Waals surface area contributed by atoms with E-state index in [9.17, 15) is 0 Å². The summed E-state index contributed by atoms with van der Waals surface area (Å²) in [7, 11) is 1.90. The minimum absolute atomic E-state index is 0. The van der Waals surface area contributed by atoms with Gasteiger partial charge in [-0.2, -0.15) is 0 Å². The first-order valence-corrected chi connectivity index (χ1v) is 10.5. The van der Waals surface area contributed by atoms with Crippen LogP contribution in [0.4, 0.5) is 0 Å². The van der Waals surface area contributed by atoms with Crippen molar-refractivity contribution in [3.05, 3.63) is 22.4 Å². The van der Waals surface area contributed by atoms with Crippen molar-refractivity contribution < 1.29 is 4.74 Å². The molecule has 0 saturated carbocycles. The van der Waals surface area contributed by atoms with Crippen molar-refractivity contribution in [2.24, 2.45) is 4.99 Å². The Morgan fingerprint density at radius 1 is 1.31 bits per heavy atom. The molecule has 0 spiro atoms. The summed E-state index contributed by atoms with van der Waals surface area (Å²) >= 11 is 1.87. The van der Waals surface area contributed by atoms with E-state index in [1.165, 1.54) is 30.8 Å². The number of halogens is 1. The van der Waals surface area contributed by atoms with Crippen LogP contribution in [0, 0.1) is 0 Å². The summed E-state index contributed by atoms with van der Waals surface area (Å²) in [6.07, 6.45) is 5.25. The molecule has 0 aromatic carbocycles. The first-order chi connectivity index (χ1) is 12.3. The first-order valence-electron chi connectivity index (χ1n) is 9.66. The maximum Gasteiger partial charge on any atom is 0.193 e. The Morgan fingerprint density at radius 3 is 2.62 bits per heavy atom. The van der Waals surface area contributed by atoms with Crippen LogP contribution in [0.1, 0.15) is 43.5 Å². The van der Waals surface area contributed by atoms with Crippen molar-refractivity contribution in [2.75, 3.05) is 46.4 Å². The van der Waals surface area contributed by atoms with Gasteiger partial charge in [0.15, 0.2) is 5.96 Å². The highest BCUT2D eigenvalue weighted by atomic mass is 127. The summed E-state index contributed by atoms with van der Waals surface area (Å²) in [4.78, 5) is 11.0. The second kappa shape index (κ2) is 11.5. The molecule has 1 N–H and O–H groups in total. The fourth-order valence-electron chi connectivity index (χ4n) is 3.93. The number of rotatable bonds is 6. The minimum Gasteiger partial charge on any atom is -0.378 e. The molecule has 148 valence electrons. The zero-order valence-electron chi connectivity index (χ0n) is 16.0. The number of likely N-dealkylation sites (tertiary alicyclic amines) is 2. The number of nitrogens with zero attached hydrogens (tertiary/aromatic N) is 3. The number of hydrogen-bond donors (Lipinski definition) is 1. The standard InChI is InChI=1S/C19H32N4OS.HI/c1-3-24-16-8-12-23(13-9-16)19(20-2)21-15-17(18-7-6-14-25-18)22-10-4-5-11-22;/h6-7,14,16-17H,3-5,8-13,15H2,1-2H3,(H,20,21);1H. The fourth-order valence-corrected chi connectivity index (χ4v) is 4.79. The van der Waals surface area contributed by atoms with Gasteiger partial charge in [0, 0.05) is 38.2 Å². The van der Waals surface area contributed by atoms with Gasteiger partial charge in [0.2, 0.25) is 0 Å². The lowest BCUT2D eigenvalue weighted by Gasteiger charge is -2.35. The van der Waals surface area contributed by atoms with Gasteiger partial charge in [-0.3, -0.25) is 9.89 Å². The lowest BCUT2D eigenvalue weighted by atomic mass is 10.1. The summed E-state index contributed by atoms with van der Waals surface area (Å²) in [6.45, 7) is 8.30. The number of guanidine groups is 1. The van der Waals surface area contributed by atoms with Gasteiger partial charge in [0.1, 0.15) is 0 Å². The van der Waals surface area contributed by atoms with Crippen molar-refractivity contribution in [1.82, 2.24) is 15.1 Å². The zero-order chi connectivity index (χ0) is 17.5. The van der Waals surface area contributed by atoms with E-state index < -0.39 is 0 Å². The monoisotopic (exact) mass is 492 g/mol. The van der Waals surface area contributed by atoms with E-state index in [2.05, 4.69) is 44.5 Å².